The quantitative estimate of drug-likeness (QED) is 0.804. The van der Waals surface area contributed by atoms with E-state index in [1.165, 1.54) is 0 Å². The standard InChI is InChI=1S/C14H20ClN3O/c1-14(2,3)7-8-18-11(9-15)16-10-5-6-12(19-4)17-13(10)18/h5-6H,7-9H2,1-4H3. The Balaban J connectivity index is 2.43. The van der Waals surface area contributed by atoms with Gasteiger partial charge in [-0.1, -0.05) is 20.8 Å². The first-order valence-corrected chi connectivity index (χ1v) is 6.94. The average Bonchev–Trinajstić information content (AvgIpc) is 2.72. The van der Waals surface area contributed by atoms with E-state index in [9.17, 15) is 0 Å². The van der Waals surface area contributed by atoms with Crippen LogP contribution in [0.15, 0.2) is 12.1 Å². The monoisotopic (exact) mass is 281 g/mol. The third-order valence-corrected chi connectivity index (χ3v) is 3.30. The summed E-state index contributed by atoms with van der Waals surface area (Å²) in [5, 5.41) is 0. The zero-order valence-corrected chi connectivity index (χ0v) is 12.7. The van der Waals surface area contributed by atoms with Crippen molar-refractivity contribution >= 4 is 22.8 Å². The number of pyridine rings is 1. The summed E-state index contributed by atoms with van der Waals surface area (Å²) in [4.78, 5) is 9.00. The smallest absolute Gasteiger partial charge is 0.215 e. The number of fused-ring (bicyclic) bond motifs is 1. The number of nitrogens with zero attached hydrogens (tertiary/aromatic N) is 3. The molecule has 0 spiro atoms. The number of ether oxygens (including phenoxy) is 1. The summed E-state index contributed by atoms with van der Waals surface area (Å²) in [6, 6.07) is 3.74. The lowest BCUT2D eigenvalue weighted by Gasteiger charge is -2.19. The van der Waals surface area contributed by atoms with Crippen molar-refractivity contribution in [3.8, 4) is 5.88 Å². The molecule has 0 saturated carbocycles. The first-order valence-electron chi connectivity index (χ1n) is 6.41. The molecule has 0 aliphatic heterocycles. The molecule has 2 heterocycles. The number of aromatic nitrogens is 3. The molecule has 0 radical (unpaired) electrons. The molecule has 0 fully saturated rings. The van der Waals surface area contributed by atoms with E-state index >= 15 is 0 Å². The number of methoxy groups -OCH3 is 1. The lowest BCUT2D eigenvalue weighted by atomic mass is 9.92. The van der Waals surface area contributed by atoms with Crippen LogP contribution in [0.5, 0.6) is 5.88 Å². The molecule has 0 bridgehead atoms. The molecule has 5 heteroatoms. The molecule has 0 aliphatic rings. The van der Waals surface area contributed by atoms with Gasteiger partial charge in [-0.2, -0.15) is 4.98 Å². The van der Waals surface area contributed by atoms with Crippen molar-refractivity contribution in [3.05, 3.63) is 18.0 Å². The van der Waals surface area contributed by atoms with Gasteiger partial charge in [-0.25, -0.2) is 4.98 Å². The van der Waals surface area contributed by atoms with Crippen LogP contribution in [0.25, 0.3) is 11.2 Å². The molecule has 104 valence electrons. The van der Waals surface area contributed by atoms with Gasteiger partial charge < -0.3 is 9.30 Å². The van der Waals surface area contributed by atoms with Gasteiger partial charge in [-0.05, 0) is 17.9 Å². The van der Waals surface area contributed by atoms with Gasteiger partial charge in [0, 0.05) is 12.6 Å². The molecule has 0 amide bonds. The van der Waals surface area contributed by atoms with E-state index in [2.05, 4.69) is 35.3 Å². The minimum Gasteiger partial charge on any atom is -0.481 e. The molecular weight excluding hydrogens is 262 g/mol. The lowest BCUT2D eigenvalue weighted by Crippen LogP contribution is -2.12. The maximum absolute atomic E-state index is 5.98. The second kappa shape index (κ2) is 5.37. The van der Waals surface area contributed by atoms with Gasteiger partial charge in [-0.3, -0.25) is 0 Å². The maximum atomic E-state index is 5.98. The summed E-state index contributed by atoms with van der Waals surface area (Å²) in [6.45, 7) is 7.53. The fourth-order valence-electron chi connectivity index (χ4n) is 1.93. The fourth-order valence-corrected chi connectivity index (χ4v) is 2.13. The molecule has 0 atom stereocenters. The number of alkyl halides is 1. The number of imidazole rings is 1. The van der Waals surface area contributed by atoms with Crippen LogP contribution < -0.4 is 4.74 Å². The highest BCUT2D eigenvalue weighted by Crippen LogP contribution is 2.24. The molecule has 2 aromatic rings. The Morgan fingerprint density at radius 2 is 2.00 bits per heavy atom. The highest BCUT2D eigenvalue weighted by molar-refractivity contribution is 6.16. The summed E-state index contributed by atoms with van der Waals surface area (Å²) in [5.74, 6) is 1.86. The van der Waals surface area contributed by atoms with Crippen molar-refractivity contribution in [1.82, 2.24) is 14.5 Å². The zero-order chi connectivity index (χ0) is 14.0. The molecule has 0 saturated heterocycles. The first-order chi connectivity index (χ1) is 8.94. The van der Waals surface area contributed by atoms with Crippen LogP contribution in [0.4, 0.5) is 0 Å². The maximum Gasteiger partial charge on any atom is 0.215 e. The van der Waals surface area contributed by atoms with Crippen LogP contribution in [0, 0.1) is 5.41 Å². The third-order valence-electron chi connectivity index (χ3n) is 3.06. The summed E-state index contributed by atoms with van der Waals surface area (Å²) in [6.07, 6.45) is 1.04. The second-order valence-corrected chi connectivity index (χ2v) is 6.09. The predicted octanol–water partition coefficient (Wildman–Crippen LogP) is 3.61. The van der Waals surface area contributed by atoms with E-state index in [0.717, 1.165) is 30.0 Å². The van der Waals surface area contributed by atoms with Gasteiger partial charge in [0.15, 0.2) is 5.65 Å². The third kappa shape index (κ3) is 3.18. The summed E-state index contributed by atoms with van der Waals surface area (Å²) in [7, 11) is 1.62. The summed E-state index contributed by atoms with van der Waals surface area (Å²) in [5.41, 5.74) is 1.98. The molecular formula is C14H20ClN3O. The first kappa shape index (κ1) is 14.1. The zero-order valence-electron chi connectivity index (χ0n) is 11.9. The van der Waals surface area contributed by atoms with Crippen LogP contribution in [-0.4, -0.2) is 21.6 Å². The SMILES string of the molecule is COc1ccc2nc(CCl)n(CCC(C)(C)C)c2n1. The number of hydrogen-bond donors (Lipinski definition) is 0. The fraction of sp³-hybridized carbons (Fsp3) is 0.571. The van der Waals surface area contributed by atoms with Crippen molar-refractivity contribution in [2.45, 2.75) is 39.6 Å². The van der Waals surface area contributed by atoms with Gasteiger partial charge in [-0.15, -0.1) is 11.6 Å². The highest BCUT2D eigenvalue weighted by atomic mass is 35.5. The topological polar surface area (TPSA) is 39.9 Å². The van der Waals surface area contributed by atoms with E-state index in [1.807, 2.05) is 12.1 Å². The normalized spacial score (nSPS) is 12.1. The molecule has 0 unspecified atom stereocenters. The predicted molar refractivity (Wildman–Crippen MR) is 77.7 cm³/mol. The number of halogens is 1. The lowest BCUT2D eigenvalue weighted by molar-refractivity contribution is 0.350. The summed E-state index contributed by atoms with van der Waals surface area (Å²) >= 11 is 5.98. The van der Waals surface area contributed by atoms with Crippen molar-refractivity contribution in [3.63, 3.8) is 0 Å². The number of hydrogen-bond acceptors (Lipinski definition) is 3. The number of rotatable bonds is 4. The van der Waals surface area contributed by atoms with Crippen molar-refractivity contribution in [2.75, 3.05) is 7.11 Å². The van der Waals surface area contributed by atoms with Crippen LogP contribution in [0.3, 0.4) is 0 Å². The second-order valence-electron chi connectivity index (χ2n) is 5.82. The largest absolute Gasteiger partial charge is 0.481 e. The van der Waals surface area contributed by atoms with Crippen molar-refractivity contribution in [1.29, 1.82) is 0 Å². The van der Waals surface area contributed by atoms with E-state index in [0.29, 0.717) is 11.8 Å². The van der Waals surface area contributed by atoms with E-state index in [-0.39, 0.29) is 5.41 Å². The molecule has 2 rings (SSSR count). The Bertz CT molecular complexity index is 572. The van der Waals surface area contributed by atoms with Crippen molar-refractivity contribution in [2.24, 2.45) is 5.41 Å². The molecule has 19 heavy (non-hydrogen) atoms. The average molecular weight is 282 g/mol. The Labute approximate surface area is 118 Å². The van der Waals surface area contributed by atoms with Gasteiger partial charge >= 0.3 is 0 Å². The van der Waals surface area contributed by atoms with Gasteiger partial charge in [0.05, 0.1) is 13.0 Å². The Kier molecular flexibility index (Phi) is 3.99. The molecule has 0 aromatic carbocycles. The molecule has 4 nitrogen and oxygen atoms in total. The van der Waals surface area contributed by atoms with Gasteiger partial charge in [0.1, 0.15) is 11.3 Å². The van der Waals surface area contributed by atoms with E-state index in [1.54, 1.807) is 7.11 Å². The minimum absolute atomic E-state index is 0.263. The van der Waals surface area contributed by atoms with Crippen LogP contribution in [0.2, 0.25) is 0 Å². The molecule has 0 aliphatic carbocycles. The van der Waals surface area contributed by atoms with Crippen LogP contribution in [0.1, 0.15) is 33.0 Å². The molecule has 2 aromatic heterocycles. The molecule has 0 N–H and O–H groups in total. The van der Waals surface area contributed by atoms with E-state index < -0.39 is 0 Å². The Morgan fingerprint density at radius 3 is 2.58 bits per heavy atom. The number of aryl methyl sites for hydroxylation is 1. The Morgan fingerprint density at radius 1 is 1.26 bits per heavy atom. The van der Waals surface area contributed by atoms with Crippen LogP contribution >= 0.6 is 11.6 Å². The van der Waals surface area contributed by atoms with Gasteiger partial charge in [0.2, 0.25) is 5.88 Å². The highest BCUT2D eigenvalue weighted by Gasteiger charge is 2.16. The van der Waals surface area contributed by atoms with Crippen LogP contribution in [-0.2, 0) is 12.4 Å². The van der Waals surface area contributed by atoms with Gasteiger partial charge in [0.25, 0.3) is 0 Å². The Hall–Kier alpha value is -1.29. The van der Waals surface area contributed by atoms with E-state index in [4.69, 9.17) is 16.3 Å². The summed E-state index contributed by atoms with van der Waals surface area (Å²) < 4.78 is 7.27. The van der Waals surface area contributed by atoms with Crippen molar-refractivity contribution < 1.29 is 4.74 Å². The minimum atomic E-state index is 0.263.